The predicted molar refractivity (Wildman–Crippen MR) is 119 cm³/mol. The van der Waals surface area contributed by atoms with Crippen molar-refractivity contribution in [2.75, 3.05) is 10.0 Å². The van der Waals surface area contributed by atoms with Crippen LogP contribution in [0.4, 0.5) is 11.4 Å². The fraction of sp³-hybridized carbons (Fsp3) is 0.273. The molecule has 1 heterocycles. The molecule has 7 nitrogen and oxygen atoms in total. The molecule has 1 aromatic heterocycles. The van der Waals surface area contributed by atoms with Gasteiger partial charge in [-0.15, -0.1) is 0 Å². The van der Waals surface area contributed by atoms with Crippen LogP contribution in [0, 0.1) is 0 Å². The maximum Gasteiger partial charge on any atom is 0.336 e. The van der Waals surface area contributed by atoms with Gasteiger partial charge in [-0.05, 0) is 62.2 Å². The van der Waals surface area contributed by atoms with Gasteiger partial charge in [0.15, 0.2) is 0 Å². The first kappa shape index (κ1) is 21.6. The van der Waals surface area contributed by atoms with E-state index in [2.05, 4.69) is 10.0 Å². The Kier molecular flexibility index (Phi) is 5.98. The molecule has 2 N–H and O–H groups in total. The number of benzene rings is 2. The van der Waals surface area contributed by atoms with Gasteiger partial charge in [-0.3, -0.25) is 9.52 Å². The van der Waals surface area contributed by atoms with Crippen molar-refractivity contribution in [1.82, 2.24) is 0 Å². The minimum atomic E-state index is -3.45. The fourth-order valence-corrected chi connectivity index (χ4v) is 3.58. The molecule has 8 heteroatoms. The number of hydrogen-bond donors (Lipinski definition) is 2. The van der Waals surface area contributed by atoms with E-state index in [4.69, 9.17) is 4.42 Å². The van der Waals surface area contributed by atoms with E-state index in [9.17, 15) is 18.0 Å². The van der Waals surface area contributed by atoms with Crippen LogP contribution in [0.3, 0.4) is 0 Å². The Morgan fingerprint density at radius 2 is 1.60 bits per heavy atom. The van der Waals surface area contributed by atoms with Crippen molar-refractivity contribution in [3.05, 3.63) is 70.1 Å². The van der Waals surface area contributed by atoms with E-state index in [-0.39, 0.29) is 11.8 Å². The quantitative estimate of drug-likeness (QED) is 0.569. The number of carbonyl (C=O) groups is 1. The monoisotopic (exact) mass is 428 g/mol. The number of amides is 1. The number of nitrogens with one attached hydrogen (secondary N) is 2. The molecule has 1 amide bonds. The van der Waals surface area contributed by atoms with Crippen LogP contribution in [0.25, 0.3) is 11.0 Å². The van der Waals surface area contributed by atoms with Gasteiger partial charge in [-0.1, -0.05) is 13.8 Å². The Hall–Kier alpha value is -3.13. The Morgan fingerprint density at radius 1 is 0.933 bits per heavy atom. The number of rotatable bonds is 6. The summed E-state index contributed by atoms with van der Waals surface area (Å²) < 4.78 is 31.7. The van der Waals surface area contributed by atoms with Crippen LogP contribution in [0.2, 0.25) is 0 Å². The molecule has 2 aromatic carbocycles. The second kappa shape index (κ2) is 8.31. The third-order valence-electron chi connectivity index (χ3n) is 4.66. The Bertz CT molecular complexity index is 1240. The van der Waals surface area contributed by atoms with Gasteiger partial charge in [0.25, 0.3) is 5.91 Å². The van der Waals surface area contributed by atoms with Crippen molar-refractivity contribution in [3.63, 3.8) is 0 Å². The SMILES string of the molecule is CC(C)c1cc(NC(=O)c2ccc(NS(=O)(=O)C(C)C)cc2)cc2ccc(=O)oc12. The molecule has 0 unspecified atom stereocenters. The first-order chi connectivity index (χ1) is 14.1. The highest BCUT2D eigenvalue weighted by Gasteiger charge is 2.16. The molecule has 0 radical (unpaired) electrons. The highest BCUT2D eigenvalue weighted by molar-refractivity contribution is 7.93. The molecule has 3 rings (SSSR count). The molecule has 0 bridgehead atoms. The zero-order valence-corrected chi connectivity index (χ0v) is 18.0. The van der Waals surface area contributed by atoms with E-state index >= 15 is 0 Å². The zero-order chi connectivity index (χ0) is 22.1. The third-order valence-corrected chi connectivity index (χ3v) is 6.42. The second-order valence-electron chi connectivity index (χ2n) is 7.62. The molecule has 158 valence electrons. The Balaban J connectivity index is 1.84. The number of anilines is 2. The van der Waals surface area contributed by atoms with Gasteiger partial charge in [-0.2, -0.15) is 0 Å². The highest BCUT2D eigenvalue weighted by Crippen LogP contribution is 2.29. The van der Waals surface area contributed by atoms with Crippen LogP contribution in [-0.2, 0) is 10.0 Å². The highest BCUT2D eigenvalue weighted by atomic mass is 32.2. The summed E-state index contributed by atoms with van der Waals surface area (Å²) in [5, 5.41) is 3.00. The average Bonchev–Trinajstić information content (AvgIpc) is 2.67. The van der Waals surface area contributed by atoms with Crippen molar-refractivity contribution < 1.29 is 17.6 Å². The normalized spacial score (nSPS) is 11.8. The van der Waals surface area contributed by atoms with Gasteiger partial charge in [0.05, 0.1) is 5.25 Å². The molecule has 0 saturated heterocycles. The lowest BCUT2D eigenvalue weighted by Gasteiger charge is -2.13. The van der Waals surface area contributed by atoms with Crippen LogP contribution in [0.1, 0.15) is 49.5 Å². The first-order valence-corrected chi connectivity index (χ1v) is 11.1. The molecule has 0 atom stereocenters. The van der Waals surface area contributed by atoms with Crippen molar-refractivity contribution in [3.8, 4) is 0 Å². The average molecular weight is 429 g/mol. The minimum absolute atomic E-state index is 0.0863. The van der Waals surface area contributed by atoms with Gasteiger partial charge in [-0.25, -0.2) is 13.2 Å². The summed E-state index contributed by atoms with van der Waals surface area (Å²) >= 11 is 0. The number of hydrogen-bond acceptors (Lipinski definition) is 5. The van der Waals surface area contributed by atoms with E-state index in [1.54, 1.807) is 56.3 Å². The third kappa shape index (κ3) is 4.71. The van der Waals surface area contributed by atoms with Crippen LogP contribution in [0.15, 0.2) is 57.7 Å². The smallest absolute Gasteiger partial charge is 0.336 e. The summed E-state index contributed by atoms with van der Waals surface area (Å²) in [6.45, 7) is 7.13. The van der Waals surface area contributed by atoms with Crippen LogP contribution in [-0.4, -0.2) is 19.6 Å². The minimum Gasteiger partial charge on any atom is -0.422 e. The van der Waals surface area contributed by atoms with Gasteiger partial charge in [0, 0.05) is 34.0 Å². The van der Waals surface area contributed by atoms with Crippen molar-refractivity contribution in [2.45, 2.75) is 38.9 Å². The maximum atomic E-state index is 12.7. The lowest BCUT2D eigenvalue weighted by Crippen LogP contribution is -2.22. The van der Waals surface area contributed by atoms with Gasteiger partial charge in [0.2, 0.25) is 10.0 Å². The van der Waals surface area contributed by atoms with Gasteiger partial charge >= 0.3 is 5.63 Å². The molecule has 0 fully saturated rings. The topological polar surface area (TPSA) is 105 Å². The maximum absolute atomic E-state index is 12.7. The lowest BCUT2D eigenvalue weighted by atomic mass is 9.99. The molecule has 0 aliphatic carbocycles. The summed E-state index contributed by atoms with van der Waals surface area (Å²) in [5.74, 6) is -0.247. The Morgan fingerprint density at radius 3 is 2.20 bits per heavy atom. The van der Waals surface area contributed by atoms with E-state index in [0.717, 1.165) is 10.9 Å². The van der Waals surface area contributed by atoms with Crippen LogP contribution in [0.5, 0.6) is 0 Å². The molecule has 30 heavy (non-hydrogen) atoms. The largest absolute Gasteiger partial charge is 0.422 e. The van der Waals surface area contributed by atoms with Crippen molar-refractivity contribution in [1.29, 1.82) is 0 Å². The number of carbonyl (C=O) groups excluding carboxylic acids is 1. The number of sulfonamides is 1. The van der Waals surface area contributed by atoms with Crippen LogP contribution < -0.4 is 15.7 Å². The molecular weight excluding hydrogens is 404 g/mol. The van der Waals surface area contributed by atoms with Gasteiger partial charge in [0.1, 0.15) is 5.58 Å². The van der Waals surface area contributed by atoms with E-state index in [1.807, 2.05) is 13.8 Å². The summed E-state index contributed by atoms with van der Waals surface area (Å²) in [4.78, 5) is 24.2. The zero-order valence-electron chi connectivity index (χ0n) is 17.2. The fourth-order valence-electron chi connectivity index (χ4n) is 2.88. The summed E-state index contributed by atoms with van der Waals surface area (Å²) in [7, 11) is -3.45. The summed E-state index contributed by atoms with van der Waals surface area (Å²) in [6.07, 6.45) is 0. The van der Waals surface area contributed by atoms with Crippen molar-refractivity contribution >= 4 is 38.3 Å². The second-order valence-corrected chi connectivity index (χ2v) is 9.86. The van der Waals surface area contributed by atoms with Gasteiger partial charge < -0.3 is 9.73 Å². The van der Waals surface area contributed by atoms with E-state index in [1.165, 1.54) is 6.07 Å². The molecule has 0 aliphatic rings. The molecule has 3 aromatic rings. The molecule has 0 saturated carbocycles. The Labute approximate surface area is 175 Å². The summed E-state index contributed by atoms with van der Waals surface area (Å²) in [5.41, 5.74) is 2.26. The van der Waals surface area contributed by atoms with Crippen molar-refractivity contribution in [2.24, 2.45) is 0 Å². The van der Waals surface area contributed by atoms with E-state index < -0.39 is 20.9 Å². The standard InChI is InChI=1S/C22H24N2O5S/c1-13(2)19-12-18(11-16-7-10-20(25)29-21(16)19)23-22(26)15-5-8-17(9-6-15)24-30(27,28)14(3)4/h5-14,24H,1-4H3,(H,23,26). The summed E-state index contributed by atoms with van der Waals surface area (Å²) in [6, 6.07) is 12.7. The molecule has 0 aliphatic heterocycles. The number of fused-ring (bicyclic) bond motifs is 1. The predicted octanol–water partition coefficient (Wildman–Crippen LogP) is 4.32. The van der Waals surface area contributed by atoms with Crippen LogP contribution >= 0.6 is 0 Å². The van der Waals surface area contributed by atoms with E-state index in [0.29, 0.717) is 22.5 Å². The first-order valence-electron chi connectivity index (χ1n) is 9.57. The molecule has 0 spiro atoms. The lowest BCUT2D eigenvalue weighted by molar-refractivity contribution is 0.102. The molecular formula is C22H24N2O5S.